The Morgan fingerprint density at radius 1 is 1.13 bits per heavy atom. The fourth-order valence-corrected chi connectivity index (χ4v) is 2.75. The number of para-hydroxylation sites is 1. The molecule has 0 aliphatic carbocycles. The second-order valence-corrected chi connectivity index (χ2v) is 5.36. The van der Waals surface area contributed by atoms with Gasteiger partial charge in [-0.05, 0) is 36.8 Å². The van der Waals surface area contributed by atoms with Crippen LogP contribution in [0, 0.1) is 6.92 Å². The minimum atomic E-state index is 0.248. The summed E-state index contributed by atoms with van der Waals surface area (Å²) >= 11 is 0. The van der Waals surface area contributed by atoms with Crippen molar-refractivity contribution in [1.82, 2.24) is 15.0 Å². The van der Waals surface area contributed by atoms with Crippen LogP contribution in [0.2, 0.25) is 0 Å². The van der Waals surface area contributed by atoms with Gasteiger partial charge in [-0.1, -0.05) is 23.4 Å². The lowest BCUT2D eigenvalue weighted by atomic mass is 10.1. The number of hydrogen-bond acceptors (Lipinski definition) is 5. The summed E-state index contributed by atoms with van der Waals surface area (Å²) in [4.78, 5) is 0. The molecule has 0 fully saturated rings. The number of nitrogens with zero attached hydrogens (tertiary/aromatic N) is 3. The largest absolute Gasteiger partial charge is 0.454 e. The van der Waals surface area contributed by atoms with E-state index in [9.17, 15) is 0 Å². The molecule has 2 N–H and O–H groups in total. The molecule has 1 aromatic heterocycles. The molecular weight excluding hydrogens is 292 g/mol. The first-order valence-electron chi connectivity index (χ1n) is 7.38. The van der Waals surface area contributed by atoms with Gasteiger partial charge in [-0.2, -0.15) is 0 Å². The first-order valence-corrected chi connectivity index (χ1v) is 7.38. The Kier molecular flexibility index (Phi) is 3.24. The van der Waals surface area contributed by atoms with Gasteiger partial charge in [0.25, 0.3) is 0 Å². The molecule has 0 unspecified atom stereocenters. The zero-order valence-electron chi connectivity index (χ0n) is 12.7. The molecule has 1 aliphatic heterocycles. The van der Waals surface area contributed by atoms with E-state index in [1.165, 1.54) is 0 Å². The number of aryl methyl sites for hydroxylation is 1. The van der Waals surface area contributed by atoms with Crippen molar-refractivity contribution in [2.24, 2.45) is 5.73 Å². The van der Waals surface area contributed by atoms with Crippen molar-refractivity contribution in [1.29, 1.82) is 0 Å². The van der Waals surface area contributed by atoms with Gasteiger partial charge in [0.1, 0.15) is 5.69 Å². The lowest BCUT2D eigenvalue weighted by Gasteiger charge is -2.10. The van der Waals surface area contributed by atoms with Crippen molar-refractivity contribution in [2.45, 2.75) is 13.5 Å². The Labute approximate surface area is 133 Å². The van der Waals surface area contributed by atoms with E-state index in [0.29, 0.717) is 6.54 Å². The van der Waals surface area contributed by atoms with Gasteiger partial charge in [0.2, 0.25) is 6.79 Å². The number of fused-ring (bicyclic) bond motifs is 1. The third-order valence-corrected chi connectivity index (χ3v) is 3.92. The lowest BCUT2D eigenvalue weighted by molar-refractivity contribution is 0.174. The summed E-state index contributed by atoms with van der Waals surface area (Å²) in [6.07, 6.45) is 0. The first-order chi connectivity index (χ1) is 11.3. The lowest BCUT2D eigenvalue weighted by Crippen LogP contribution is -2.04. The molecule has 23 heavy (non-hydrogen) atoms. The van der Waals surface area contributed by atoms with E-state index in [1.54, 1.807) is 0 Å². The van der Waals surface area contributed by atoms with E-state index in [1.807, 2.05) is 54.1 Å². The van der Waals surface area contributed by atoms with Crippen molar-refractivity contribution in [2.75, 3.05) is 6.79 Å². The van der Waals surface area contributed by atoms with Crippen LogP contribution in [-0.4, -0.2) is 21.8 Å². The molecule has 2 aromatic carbocycles. The third-order valence-electron chi connectivity index (χ3n) is 3.92. The highest BCUT2D eigenvalue weighted by Crippen LogP contribution is 2.37. The Morgan fingerprint density at radius 3 is 2.78 bits per heavy atom. The van der Waals surface area contributed by atoms with Crippen LogP contribution in [0.3, 0.4) is 0 Å². The van der Waals surface area contributed by atoms with E-state index in [0.717, 1.165) is 39.7 Å². The minimum absolute atomic E-state index is 0.248. The predicted molar refractivity (Wildman–Crippen MR) is 85.5 cm³/mol. The van der Waals surface area contributed by atoms with Crippen LogP contribution < -0.4 is 15.2 Å². The first kappa shape index (κ1) is 13.8. The second-order valence-electron chi connectivity index (χ2n) is 5.36. The molecule has 0 saturated heterocycles. The number of benzene rings is 2. The van der Waals surface area contributed by atoms with Crippen molar-refractivity contribution in [3.63, 3.8) is 0 Å². The van der Waals surface area contributed by atoms with Crippen LogP contribution in [0.4, 0.5) is 0 Å². The molecule has 0 amide bonds. The van der Waals surface area contributed by atoms with Crippen molar-refractivity contribution in [3.8, 4) is 28.4 Å². The fourth-order valence-electron chi connectivity index (χ4n) is 2.75. The molecular formula is C17H16N4O2. The Balaban J connectivity index is 1.91. The van der Waals surface area contributed by atoms with E-state index < -0.39 is 0 Å². The van der Waals surface area contributed by atoms with Crippen LogP contribution in [-0.2, 0) is 6.54 Å². The van der Waals surface area contributed by atoms with Gasteiger partial charge >= 0.3 is 0 Å². The number of hydrogen-bond donors (Lipinski definition) is 1. The topological polar surface area (TPSA) is 75.2 Å². The van der Waals surface area contributed by atoms with Crippen LogP contribution >= 0.6 is 0 Å². The minimum Gasteiger partial charge on any atom is -0.454 e. The standard InChI is InChI=1S/C17H16N4O2/c1-11-4-2-3-5-14(11)21-17(13(9-18)19-20-21)12-6-7-15-16(8-12)23-10-22-15/h2-8H,9-10,18H2,1H3. The maximum Gasteiger partial charge on any atom is 0.231 e. The molecule has 0 atom stereocenters. The molecule has 0 radical (unpaired) electrons. The van der Waals surface area contributed by atoms with Gasteiger partial charge in [0.05, 0.1) is 11.4 Å². The summed E-state index contributed by atoms with van der Waals surface area (Å²) < 4.78 is 12.7. The zero-order valence-corrected chi connectivity index (χ0v) is 12.7. The van der Waals surface area contributed by atoms with Gasteiger partial charge in [-0.15, -0.1) is 5.10 Å². The highest BCUT2D eigenvalue weighted by molar-refractivity contribution is 5.68. The maximum absolute atomic E-state index is 5.86. The summed E-state index contributed by atoms with van der Waals surface area (Å²) in [5.74, 6) is 1.47. The molecule has 6 nitrogen and oxygen atoms in total. The summed E-state index contributed by atoms with van der Waals surface area (Å²) in [5, 5.41) is 8.54. The number of aromatic nitrogens is 3. The zero-order chi connectivity index (χ0) is 15.8. The highest BCUT2D eigenvalue weighted by Gasteiger charge is 2.20. The average Bonchev–Trinajstić information content (AvgIpc) is 3.20. The SMILES string of the molecule is Cc1ccccc1-n1nnc(CN)c1-c1ccc2c(c1)OCO2. The van der Waals surface area contributed by atoms with E-state index in [-0.39, 0.29) is 6.79 Å². The van der Waals surface area contributed by atoms with Gasteiger partial charge in [0, 0.05) is 12.1 Å². The van der Waals surface area contributed by atoms with Gasteiger partial charge in [0.15, 0.2) is 11.5 Å². The normalized spacial score (nSPS) is 12.6. The van der Waals surface area contributed by atoms with E-state index >= 15 is 0 Å². The Morgan fingerprint density at radius 2 is 1.96 bits per heavy atom. The van der Waals surface area contributed by atoms with Gasteiger partial charge < -0.3 is 15.2 Å². The van der Waals surface area contributed by atoms with Crippen LogP contribution in [0.15, 0.2) is 42.5 Å². The molecule has 0 bridgehead atoms. The Hall–Kier alpha value is -2.86. The van der Waals surface area contributed by atoms with Crippen molar-refractivity contribution in [3.05, 3.63) is 53.7 Å². The van der Waals surface area contributed by atoms with Crippen molar-refractivity contribution >= 4 is 0 Å². The maximum atomic E-state index is 5.86. The summed E-state index contributed by atoms with van der Waals surface area (Å²) in [7, 11) is 0. The summed E-state index contributed by atoms with van der Waals surface area (Å²) in [5.41, 5.74) is 10.5. The molecule has 2 heterocycles. The monoisotopic (exact) mass is 308 g/mol. The van der Waals surface area contributed by atoms with Crippen LogP contribution in [0.1, 0.15) is 11.3 Å². The van der Waals surface area contributed by atoms with E-state index in [4.69, 9.17) is 15.2 Å². The average molecular weight is 308 g/mol. The smallest absolute Gasteiger partial charge is 0.231 e. The molecule has 0 spiro atoms. The van der Waals surface area contributed by atoms with Crippen molar-refractivity contribution < 1.29 is 9.47 Å². The Bertz CT molecular complexity index is 873. The molecule has 0 saturated carbocycles. The summed E-state index contributed by atoms with van der Waals surface area (Å²) in [6.45, 7) is 2.61. The fraction of sp³-hybridized carbons (Fsp3) is 0.176. The molecule has 116 valence electrons. The second kappa shape index (κ2) is 5.40. The molecule has 4 rings (SSSR count). The third kappa shape index (κ3) is 2.24. The predicted octanol–water partition coefficient (Wildman–Crippen LogP) is 2.43. The van der Waals surface area contributed by atoms with Crippen LogP contribution in [0.5, 0.6) is 11.5 Å². The quantitative estimate of drug-likeness (QED) is 0.804. The van der Waals surface area contributed by atoms with Gasteiger partial charge in [-0.3, -0.25) is 0 Å². The number of rotatable bonds is 3. The number of ether oxygens (including phenoxy) is 2. The number of nitrogens with two attached hydrogens (primary N) is 1. The van der Waals surface area contributed by atoms with Crippen LogP contribution in [0.25, 0.3) is 16.9 Å². The van der Waals surface area contributed by atoms with E-state index in [2.05, 4.69) is 10.3 Å². The highest BCUT2D eigenvalue weighted by atomic mass is 16.7. The molecule has 1 aliphatic rings. The molecule has 3 aromatic rings. The summed E-state index contributed by atoms with van der Waals surface area (Å²) in [6, 6.07) is 13.8. The van der Waals surface area contributed by atoms with Gasteiger partial charge in [-0.25, -0.2) is 4.68 Å². The molecule has 6 heteroatoms.